The van der Waals surface area contributed by atoms with Crippen LogP contribution >= 0.6 is 0 Å². The number of anilines is 1. The zero-order valence-corrected chi connectivity index (χ0v) is 19.1. The van der Waals surface area contributed by atoms with E-state index >= 15 is 0 Å². The van der Waals surface area contributed by atoms with Crippen LogP contribution in [-0.2, 0) is 4.79 Å². The normalized spacial score (nSPS) is 19.5. The fourth-order valence-corrected chi connectivity index (χ4v) is 3.93. The summed E-state index contributed by atoms with van der Waals surface area (Å²) in [5.74, 6) is 2.36. The van der Waals surface area contributed by atoms with Crippen LogP contribution in [0.3, 0.4) is 0 Å². The quantitative estimate of drug-likeness (QED) is 0.531. The first-order chi connectivity index (χ1) is 15.1. The van der Waals surface area contributed by atoms with Gasteiger partial charge in [0.05, 0.1) is 7.11 Å². The van der Waals surface area contributed by atoms with E-state index in [1.807, 2.05) is 36.4 Å². The number of amides is 1. The highest BCUT2D eigenvalue weighted by atomic mass is 16.5. The molecule has 0 saturated carbocycles. The van der Waals surface area contributed by atoms with Crippen molar-refractivity contribution in [3.05, 3.63) is 54.1 Å². The molecule has 0 bridgehead atoms. The minimum absolute atomic E-state index is 0.0950. The summed E-state index contributed by atoms with van der Waals surface area (Å²) in [5, 5.41) is 3.05. The largest absolute Gasteiger partial charge is 0.497 e. The maximum atomic E-state index is 12.4. The average Bonchev–Trinajstić information content (AvgIpc) is 2.80. The van der Waals surface area contributed by atoms with Crippen LogP contribution in [0.15, 0.2) is 48.5 Å². The molecule has 0 radical (unpaired) electrons. The molecule has 3 rings (SSSR count). The monoisotopic (exact) mass is 427 g/mol. The Morgan fingerprint density at radius 3 is 2.19 bits per heavy atom. The van der Waals surface area contributed by atoms with Crippen molar-refractivity contribution < 1.29 is 24.1 Å². The molecule has 6 heteroatoms. The van der Waals surface area contributed by atoms with E-state index in [0.717, 1.165) is 56.3 Å². The number of carbonyl (C=O) groups excluding carboxylic acids is 1. The maximum Gasteiger partial charge on any atom is 0.279 e. The van der Waals surface area contributed by atoms with Gasteiger partial charge in [-0.3, -0.25) is 4.79 Å². The molecule has 1 aliphatic heterocycles. The summed E-state index contributed by atoms with van der Waals surface area (Å²) >= 11 is 0. The molecule has 2 aromatic rings. The summed E-state index contributed by atoms with van der Waals surface area (Å²) in [4.78, 5) is 15.3. The van der Waals surface area contributed by atoms with Gasteiger partial charge in [0.1, 0.15) is 50.8 Å². The van der Waals surface area contributed by atoms with Gasteiger partial charge < -0.3 is 24.6 Å². The lowest BCUT2D eigenvalue weighted by Crippen LogP contribution is -3.28. The Hall–Kier alpha value is -2.57. The van der Waals surface area contributed by atoms with E-state index in [9.17, 15) is 4.79 Å². The van der Waals surface area contributed by atoms with Crippen molar-refractivity contribution in [1.29, 1.82) is 0 Å². The van der Waals surface area contributed by atoms with Crippen LogP contribution in [0.5, 0.6) is 11.5 Å². The standard InChI is InChI=1S/C25H35N3O3/c1-4-20(2)21-5-7-22(8-6-21)26-25(29)19-28-15-13-27(14-16-28)17-18-31-24-11-9-23(30-3)10-12-24/h5-12,20H,4,13-19H2,1-3H3,(H,26,29)/p+2/t20-/m0/s1. The van der Waals surface area contributed by atoms with E-state index in [-0.39, 0.29) is 5.91 Å². The molecule has 3 N–H and O–H groups in total. The molecule has 1 saturated heterocycles. The molecule has 6 nitrogen and oxygen atoms in total. The van der Waals surface area contributed by atoms with Crippen molar-refractivity contribution >= 4 is 11.6 Å². The van der Waals surface area contributed by atoms with Crippen LogP contribution in [0, 0.1) is 0 Å². The summed E-state index contributed by atoms with van der Waals surface area (Å²) in [7, 11) is 1.66. The number of ether oxygens (including phenoxy) is 2. The Labute approximate surface area is 186 Å². The fraction of sp³-hybridized carbons (Fsp3) is 0.480. The lowest BCUT2D eigenvalue weighted by Gasteiger charge is -2.29. The third-order valence-electron chi connectivity index (χ3n) is 6.23. The second-order valence-corrected chi connectivity index (χ2v) is 8.43. The minimum atomic E-state index is 0.0950. The maximum absolute atomic E-state index is 12.4. The molecule has 0 spiro atoms. The first-order valence-corrected chi connectivity index (χ1v) is 11.4. The van der Waals surface area contributed by atoms with Crippen molar-refractivity contribution in [3.63, 3.8) is 0 Å². The van der Waals surface area contributed by atoms with Gasteiger partial charge in [0.2, 0.25) is 0 Å². The number of carbonyl (C=O) groups is 1. The summed E-state index contributed by atoms with van der Waals surface area (Å²) in [6.07, 6.45) is 1.12. The van der Waals surface area contributed by atoms with Crippen molar-refractivity contribution in [2.45, 2.75) is 26.2 Å². The molecular weight excluding hydrogens is 390 g/mol. The molecular formula is C25H37N3O3+2. The Bertz CT molecular complexity index is 800. The second-order valence-electron chi connectivity index (χ2n) is 8.43. The molecule has 1 aliphatic rings. The SMILES string of the molecule is CC[C@H](C)c1ccc(NC(=O)C[NH+]2CC[NH+](CCOc3ccc(OC)cc3)CC2)cc1. The first-order valence-electron chi connectivity index (χ1n) is 11.4. The van der Waals surface area contributed by atoms with E-state index in [1.165, 1.54) is 10.5 Å². The summed E-state index contributed by atoms with van der Waals surface area (Å²) in [6.45, 7) is 10.8. The van der Waals surface area contributed by atoms with Crippen molar-refractivity contribution in [1.82, 2.24) is 0 Å². The third kappa shape index (κ3) is 7.26. The minimum Gasteiger partial charge on any atom is -0.497 e. The Morgan fingerprint density at radius 1 is 0.968 bits per heavy atom. The summed E-state index contributed by atoms with van der Waals surface area (Å²) in [6, 6.07) is 16.0. The Kier molecular flexibility index (Phi) is 8.74. The predicted octanol–water partition coefficient (Wildman–Crippen LogP) is 1.01. The van der Waals surface area contributed by atoms with Gasteiger partial charge in [-0.1, -0.05) is 26.0 Å². The number of nitrogens with one attached hydrogen (secondary N) is 3. The first kappa shape index (κ1) is 23.1. The topological polar surface area (TPSA) is 56.4 Å². The third-order valence-corrected chi connectivity index (χ3v) is 6.23. The van der Waals surface area contributed by atoms with E-state index in [2.05, 4.69) is 31.3 Å². The van der Waals surface area contributed by atoms with Gasteiger partial charge in [0, 0.05) is 5.69 Å². The fourth-order valence-electron chi connectivity index (χ4n) is 3.93. The number of methoxy groups -OCH3 is 1. The Morgan fingerprint density at radius 2 is 1.58 bits per heavy atom. The predicted molar refractivity (Wildman–Crippen MR) is 123 cm³/mol. The van der Waals surface area contributed by atoms with Gasteiger partial charge in [-0.2, -0.15) is 0 Å². The van der Waals surface area contributed by atoms with Crippen LogP contribution < -0.4 is 24.6 Å². The molecule has 1 atom stereocenters. The molecule has 0 unspecified atom stereocenters. The van der Waals surface area contributed by atoms with Gasteiger partial charge >= 0.3 is 0 Å². The molecule has 0 aromatic heterocycles. The molecule has 1 fully saturated rings. The van der Waals surface area contributed by atoms with E-state index in [4.69, 9.17) is 9.47 Å². The van der Waals surface area contributed by atoms with E-state index < -0.39 is 0 Å². The number of hydrogen-bond acceptors (Lipinski definition) is 3. The molecule has 1 amide bonds. The van der Waals surface area contributed by atoms with Gasteiger partial charge in [-0.25, -0.2) is 0 Å². The van der Waals surface area contributed by atoms with Crippen molar-refractivity contribution in [3.8, 4) is 11.5 Å². The van der Waals surface area contributed by atoms with E-state index in [0.29, 0.717) is 19.1 Å². The zero-order chi connectivity index (χ0) is 22.1. The van der Waals surface area contributed by atoms with Crippen LogP contribution in [0.2, 0.25) is 0 Å². The number of hydrogen-bond donors (Lipinski definition) is 3. The number of quaternary nitrogens is 2. The van der Waals surface area contributed by atoms with Crippen LogP contribution in [0.25, 0.3) is 0 Å². The zero-order valence-electron chi connectivity index (χ0n) is 19.1. The van der Waals surface area contributed by atoms with Crippen molar-refractivity contribution in [2.24, 2.45) is 0 Å². The molecule has 2 aromatic carbocycles. The molecule has 1 heterocycles. The van der Waals surface area contributed by atoms with Crippen LogP contribution in [0.1, 0.15) is 31.7 Å². The van der Waals surface area contributed by atoms with Gasteiger partial charge in [-0.15, -0.1) is 0 Å². The lowest BCUT2D eigenvalue weighted by atomic mass is 9.99. The van der Waals surface area contributed by atoms with Gasteiger partial charge in [0.15, 0.2) is 6.54 Å². The highest BCUT2D eigenvalue weighted by molar-refractivity contribution is 5.91. The number of rotatable bonds is 10. The molecule has 0 aliphatic carbocycles. The second kappa shape index (κ2) is 11.7. The molecule has 31 heavy (non-hydrogen) atoms. The Balaban J connectivity index is 1.33. The number of benzene rings is 2. The highest BCUT2D eigenvalue weighted by Crippen LogP contribution is 2.20. The summed E-state index contributed by atoms with van der Waals surface area (Å²) < 4.78 is 11.0. The van der Waals surface area contributed by atoms with Crippen LogP contribution in [0.4, 0.5) is 5.69 Å². The smallest absolute Gasteiger partial charge is 0.279 e. The van der Waals surface area contributed by atoms with Crippen LogP contribution in [-0.4, -0.2) is 58.9 Å². The van der Waals surface area contributed by atoms with Crippen molar-refractivity contribution in [2.75, 3.05) is 58.3 Å². The molecule has 168 valence electrons. The van der Waals surface area contributed by atoms with Gasteiger partial charge in [-0.05, 0) is 54.3 Å². The average molecular weight is 428 g/mol. The highest BCUT2D eigenvalue weighted by Gasteiger charge is 2.24. The summed E-state index contributed by atoms with van der Waals surface area (Å²) in [5.41, 5.74) is 2.21. The van der Waals surface area contributed by atoms with E-state index in [1.54, 1.807) is 12.0 Å². The lowest BCUT2D eigenvalue weighted by molar-refractivity contribution is -1.01. The number of piperazine rings is 1. The van der Waals surface area contributed by atoms with Gasteiger partial charge in [0.25, 0.3) is 5.91 Å².